The van der Waals surface area contributed by atoms with Crippen molar-refractivity contribution in [2.45, 2.75) is 6.61 Å². The molecule has 0 atom stereocenters. The van der Waals surface area contributed by atoms with Crippen molar-refractivity contribution >= 4 is 23.3 Å². The van der Waals surface area contributed by atoms with Crippen LogP contribution < -0.4 is 4.74 Å². The number of hydrogen-bond donors (Lipinski definition) is 0. The van der Waals surface area contributed by atoms with Crippen molar-refractivity contribution in [3.8, 4) is 5.88 Å². The summed E-state index contributed by atoms with van der Waals surface area (Å²) < 4.78 is 13.0. The molecule has 2 aromatic rings. The summed E-state index contributed by atoms with van der Waals surface area (Å²) in [6, 6.07) is 3.74. The van der Waals surface area contributed by atoms with Gasteiger partial charge in [-0.15, -0.1) is 4.37 Å². The second kappa shape index (κ2) is 4.34. The van der Waals surface area contributed by atoms with E-state index in [1.165, 1.54) is 0 Å². The summed E-state index contributed by atoms with van der Waals surface area (Å²) in [4.78, 5) is 3.90. The van der Waals surface area contributed by atoms with Gasteiger partial charge in [0.15, 0.2) is 0 Å². The molecule has 0 fully saturated rings. The lowest BCUT2D eigenvalue weighted by atomic mass is 10.3. The zero-order valence-electron chi connectivity index (χ0n) is 7.05. The van der Waals surface area contributed by atoms with Gasteiger partial charge in [-0.3, -0.25) is 4.98 Å². The van der Waals surface area contributed by atoms with Crippen LogP contribution in [0.2, 0.25) is 5.15 Å². The summed E-state index contributed by atoms with van der Waals surface area (Å²) in [6.45, 7) is 0.424. The number of aromatic nitrogens is 3. The van der Waals surface area contributed by atoms with E-state index in [0.29, 0.717) is 17.6 Å². The van der Waals surface area contributed by atoms with Gasteiger partial charge < -0.3 is 4.74 Å². The quantitative estimate of drug-likeness (QED) is 0.806. The fourth-order valence-electron chi connectivity index (χ4n) is 0.887. The molecule has 0 N–H and O–H groups in total. The lowest BCUT2D eigenvalue weighted by Gasteiger charge is -2.01. The van der Waals surface area contributed by atoms with Gasteiger partial charge in [-0.1, -0.05) is 11.6 Å². The molecule has 6 heteroatoms. The molecule has 0 aliphatic heterocycles. The first kappa shape index (κ1) is 9.36. The standard InChI is InChI=1S/C8H6ClN3OS/c9-7-8(12-14-11-7)13-5-6-1-3-10-4-2-6/h1-4H,5H2. The summed E-state index contributed by atoms with van der Waals surface area (Å²) in [7, 11) is 0. The van der Waals surface area contributed by atoms with Crippen LogP contribution in [-0.2, 0) is 6.61 Å². The van der Waals surface area contributed by atoms with Crippen LogP contribution in [0.1, 0.15) is 5.56 Å². The van der Waals surface area contributed by atoms with Gasteiger partial charge in [0, 0.05) is 12.4 Å². The Morgan fingerprint density at radius 1 is 1.29 bits per heavy atom. The maximum atomic E-state index is 5.71. The van der Waals surface area contributed by atoms with Crippen LogP contribution >= 0.6 is 23.3 Å². The van der Waals surface area contributed by atoms with E-state index >= 15 is 0 Å². The van der Waals surface area contributed by atoms with E-state index in [1.54, 1.807) is 12.4 Å². The van der Waals surface area contributed by atoms with Gasteiger partial charge >= 0.3 is 0 Å². The third kappa shape index (κ3) is 2.18. The van der Waals surface area contributed by atoms with Gasteiger partial charge in [0.2, 0.25) is 5.15 Å². The zero-order chi connectivity index (χ0) is 9.80. The first-order chi connectivity index (χ1) is 6.86. The van der Waals surface area contributed by atoms with Crippen LogP contribution in [-0.4, -0.2) is 13.7 Å². The Morgan fingerprint density at radius 2 is 2.07 bits per heavy atom. The second-order valence-corrected chi connectivity index (χ2v) is 3.39. The van der Waals surface area contributed by atoms with Crippen LogP contribution in [0.5, 0.6) is 5.88 Å². The zero-order valence-corrected chi connectivity index (χ0v) is 8.63. The molecule has 0 bridgehead atoms. The molecule has 2 heterocycles. The van der Waals surface area contributed by atoms with Crippen molar-refractivity contribution in [3.63, 3.8) is 0 Å². The molecule has 0 radical (unpaired) electrons. The first-order valence-electron chi connectivity index (χ1n) is 3.86. The van der Waals surface area contributed by atoms with Crippen molar-refractivity contribution in [2.75, 3.05) is 0 Å². The molecular formula is C8H6ClN3OS. The monoisotopic (exact) mass is 227 g/mol. The highest BCUT2D eigenvalue weighted by Gasteiger charge is 2.05. The molecule has 0 aromatic carbocycles. The number of pyridine rings is 1. The molecule has 0 saturated heterocycles. The number of ether oxygens (including phenoxy) is 1. The van der Waals surface area contributed by atoms with Gasteiger partial charge in [-0.05, 0) is 17.7 Å². The van der Waals surface area contributed by atoms with E-state index in [2.05, 4.69) is 13.7 Å². The van der Waals surface area contributed by atoms with Crippen molar-refractivity contribution in [2.24, 2.45) is 0 Å². The molecule has 0 aliphatic rings. The predicted octanol–water partition coefficient (Wildman–Crippen LogP) is 2.17. The Morgan fingerprint density at radius 3 is 2.71 bits per heavy atom. The van der Waals surface area contributed by atoms with Crippen molar-refractivity contribution < 1.29 is 4.74 Å². The maximum Gasteiger partial charge on any atom is 0.265 e. The first-order valence-corrected chi connectivity index (χ1v) is 4.97. The van der Waals surface area contributed by atoms with Gasteiger partial charge in [0.05, 0.1) is 11.7 Å². The molecule has 2 aromatic heterocycles. The van der Waals surface area contributed by atoms with Crippen LogP contribution in [0.3, 0.4) is 0 Å². The van der Waals surface area contributed by atoms with Crippen molar-refractivity contribution in [3.05, 3.63) is 35.2 Å². The number of rotatable bonds is 3. The van der Waals surface area contributed by atoms with Gasteiger partial charge in [0.1, 0.15) is 6.61 Å². The highest BCUT2D eigenvalue weighted by molar-refractivity contribution is 6.99. The summed E-state index contributed by atoms with van der Waals surface area (Å²) in [5.41, 5.74) is 1.02. The van der Waals surface area contributed by atoms with Crippen LogP contribution in [0.25, 0.3) is 0 Å². The van der Waals surface area contributed by atoms with E-state index in [-0.39, 0.29) is 0 Å². The fourth-order valence-corrected chi connectivity index (χ4v) is 1.53. The van der Waals surface area contributed by atoms with E-state index < -0.39 is 0 Å². The SMILES string of the molecule is Clc1nsnc1OCc1ccncc1. The molecule has 0 amide bonds. The largest absolute Gasteiger partial charge is 0.470 e. The molecule has 14 heavy (non-hydrogen) atoms. The third-order valence-corrected chi connectivity index (χ3v) is 2.40. The average Bonchev–Trinajstić information content (AvgIpc) is 2.63. The third-order valence-electron chi connectivity index (χ3n) is 1.55. The Bertz CT molecular complexity index is 406. The summed E-state index contributed by atoms with van der Waals surface area (Å²) in [5.74, 6) is 0.383. The minimum atomic E-state index is 0.309. The van der Waals surface area contributed by atoms with E-state index in [1.807, 2.05) is 12.1 Å². The molecular weight excluding hydrogens is 222 g/mol. The van der Waals surface area contributed by atoms with Crippen molar-refractivity contribution in [1.29, 1.82) is 0 Å². The molecule has 0 unspecified atom stereocenters. The van der Waals surface area contributed by atoms with Crippen LogP contribution in [0.4, 0.5) is 0 Å². The Balaban J connectivity index is 1.99. The average molecular weight is 228 g/mol. The fraction of sp³-hybridized carbons (Fsp3) is 0.125. The van der Waals surface area contributed by atoms with E-state index in [9.17, 15) is 0 Å². The summed E-state index contributed by atoms with van der Waals surface area (Å²) >= 11 is 6.74. The van der Waals surface area contributed by atoms with Gasteiger partial charge in [-0.25, -0.2) is 0 Å². The van der Waals surface area contributed by atoms with Crippen molar-refractivity contribution in [1.82, 2.24) is 13.7 Å². The summed E-state index contributed by atoms with van der Waals surface area (Å²) in [5, 5.41) is 0.309. The normalized spacial score (nSPS) is 10.1. The van der Waals surface area contributed by atoms with E-state index in [0.717, 1.165) is 17.3 Å². The molecule has 0 saturated carbocycles. The topological polar surface area (TPSA) is 47.9 Å². The molecule has 4 nitrogen and oxygen atoms in total. The maximum absolute atomic E-state index is 5.71. The Labute approximate surface area is 89.9 Å². The van der Waals surface area contributed by atoms with E-state index in [4.69, 9.17) is 16.3 Å². The van der Waals surface area contributed by atoms with Crippen LogP contribution in [0.15, 0.2) is 24.5 Å². The highest BCUT2D eigenvalue weighted by atomic mass is 35.5. The van der Waals surface area contributed by atoms with Gasteiger partial charge in [-0.2, -0.15) is 4.37 Å². The molecule has 0 aliphatic carbocycles. The molecule has 2 rings (SSSR count). The molecule has 72 valence electrons. The Hall–Kier alpha value is -1.20. The smallest absolute Gasteiger partial charge is 0.265 e. The number of hydrogen-bond acceptors (Lipinski definition) is 5. The number of halogens is 1. The lowest BCUT2D eigenvalue weighted by molar-refractivity contribution is 0.296. The summed E-state index contributed by atoms with van der Waals surface area (Å²) in [6.07, 6.45) is 3.42. The minimum absolute atomic E-state index is 0.309. The van der Waals surface area contributed by atoms with Crippen LogP contribution in [0, 0.1) is 0 Å². The molecule has 0 spiro atoms. The Kier molecular flexibility index (Phi) is 2.90. The highest BCUT2D eigenvalue weighted by Crippen LogP contribution is 2.21. The predicted molar refractivity (Wildman–Crippen MR) is 53.5 cm³/mol. The lowest BCUT2D eigenvalue weighted by Crippen LogP contribution is -1.95. The second-order valence-electron chi connectivity index (χ2n) is 2.50. The minimum Gasteiger partial charge on any atom is -0.470 e. The van der Waals surface area contributed by atoms with Gasteiger partial charge in [0.25, 0.3) is 5.88 Å². The number of nitrogens with zero attached hydrogens (tertiary/aromatic N) is 3.